The zero-order valence-corrected chi connectivity index (χ0v) is 10.1. The van der Waals surface area contributed by atoms with Gasteiger partial charge in [0.25, 0.3) is 0 Å². The van der Waals surface area contributed by atoms with E-state index < -0.39 is 0 Å². The Bertz CT molecular complexity index is 211. The lowest BCUT2D eigenvalue weighted by Crippen LogP contribution is -2.49. The molecule has 2 fully saturated rings. The first-order valence-electron chi connectivity index (χ1n) is 6.22. The van der Waals surface area contributed by atoms with E-state index in [1.54, 1.807) is 7.11 Å². The Morgan fingerprint density at radius 3 is 2.81 bits per heavy atom. The maximum Gasteiger partial charge on any atom is 0.0729 e. The van der Waals surface area contributed by atoms with Crippen molar-refractivity contribution < 1.29 is 14.2 Å². The Balaban J connectivity index is 1.92. The summed E-state index contributed by atoms with van der Waals surface area (Å²) in [5.41, 5.74) is 6.19. The van der Waals surface area contributed by atoms with Crippen molar-refractivity contribution in [1.29, 1.82) is 0 Å². The van der Waals surface area contributed by atoms with Gasteiger partial charge in [-0.25, -0.2) is 0 Å². The second-order valence-corrected chi connectivity index (χ2v) is 5.02. The first kappa shape index (κ1) is 12.3. The number of methoxy groups -OCH3 is 1. The quantitative estimate of drug-likeness (QED) is 0.782. The molecule has 2 atom stereocenters. The highest BCUT2D eigenvalue weighted by Gasteiger charge is 2.40. The summed E-state index contributed by atoms with van der Waals surface area (Å²) in [4.78, 5) is 0. The molecule has 2 N–H and O–H groups in total. The molecular formula is C12H23NO3. The fraction of sp³-hybridized carbons (Fsp3) is 1.00. The molecule has 0 saturated carbocycles. The second kappa shape index (κ2) is 5.45. The van der Waals surface area contributed by atoms with Crippen molar-refractivity contribution in [2.75, 3.05) is 33.5 Å². The molecule has 1 spiro atoms. The number of ether oxygens (including phenoxy) is 3. The highest BCUT2D eigenvalue weighted by atomic mass is 16.5. The minimum atomic E-state index is 0.0481. The third-order valence-electron chi connectivity index (χ3n) is 3.90. The minimum Gasteiger partial charge on any atom is -0.383 e. The van der Waals surface area contributed by atoms with Crippen LogP contribution in [0.4, 0.5) is 0 Å². The normalized spacial score (nSPS) is 31.5. The summed E-state index contributed by atoms with van der Waals surface area (Å²) >= 11 is 0. The lowest BCUT2D eigenvalue weighted by molar-refractivity contribution is -0.150. The number of hydrogen-bond acceptors (Lipinski definition) is 4. The van der Waals surface area contributed by atoms with Crippen LogP contribution in [0.25, 0.3) is 0 Å². The molecule has 2 saturated heterocycles. The molecule has 0 amide bonds. The van der Waals surface area contributed by atoms with Gasteiger partial charge >= 0.3 is 0 Å². The van der Waals surface area contributed by atoms with Crippen LogP contribution in [0.2, 0.25) is 0 Å². The second-order valence-electron chi connectivity index (χ2n) is 5.02. The zero-order chi connectivity index (χ0) is 11.4. The van der Waals surface area contributed by atoms with Gasteiger partial charge in [0.15, 0.2) is 0 Å². The SMILES string of the molecule is COCC(N)C1CCOC2(CCOCC2)C1. The van der Waals surface area contributed by atoms with E-state index in [4.69, 9.17) is 19.9 Å². The molecule has 16 heavy (non-hydrogen) atoms. The summed E-state index contributed by atoms with van der Waals surface area (Å²) in [5, 5.41) is 0. The van der Waals surface area contributed by atoms with Gasteiger partial charge in [0.05, 0.1) is 12.2 Å². The first-order valence-corrected chi connectivity index (χ1v) is 6.22. The highest BCUT2D eigenvalue weighted by Crippen LogP contribution is 2.37. The molecule has 0 aromatic heterocycles. The molecule has 2 aliphatic rings. The molecular weight excluding hydrogens is 206 g/mol. The van der Waals surface area contributed by atoms with Gasteiger partial charge in [-0.2, -0.15) is 0 Å². The van der Waals surface area contributed by atoms with Crippen LogP contribution in [-0.2, 0) is 14.2 Å². The number of hydrogen-bond donors (Lipinski definition) is 1. The number of nitrogens with two attached hydrogens (primary N) is 1. The average molecular weight is 229 g/mol. The molecule has 4 heteroatoms. The van der Waals surface area contributed by atoms with Crippen LogP contribution in [0.3, 0.4) is 0 Å². The van der Waals surface area contributed by atoms with Crippen LogP contribution in [-0.4, -0.2) is 45.2 Å². The van der Waals surface area contributed by atoms with Gasteiger partial charge in [-0.15, -0.1) is 0 Å². The molecule has 2 aliphatic heterocycles. The van der Waals surface area contributed by atoms with Crippen LogP contribution in [0, 0.1) is 5.92 Å². The molecule has 2 rings (SSSR count). The van der Waals surface area contributed by atoms with E-state index in [2.05, 4.69) is 0 Å². The van der Waals surface area contributed by atoms with Crippen LogP contribution >= 0.6 is 0 Å². The monoisotopic (exact) mass is 229 g/mol. The predicted molar refractivity (Wildman–Crippen MR) is 61.3 cm³/mol. The number of rotatable bonds is 3. The summed E-state index contributed by atoms with van der Waals surface area (Å²) < 4.78 is 16.5. The topological polar surface area (TPSA) is 53.7 Å². The van der Waals surface area contributed by atoms with Crippen molar-refractivity contribution in [1.82, 2.24) is 0 Å². The van der Waals surface area contributed by atoms with E-state index >= 15 is 0 Å². The summed E-state index contributed by atoms with van der Waals surface area (Å²) in [6, 6.07) is 0.147. The van der Waals surface area contributed by atoms with Gasteiger partial charge in [0.1, 0.15) is 0 Å². The fourth-order valence-corrected chi connectivity index (χ4v) is 2.85. The van der Waals surface area contributed by atoms with Crippen molar-refractivity contribution in [2.45, 2.75) is 37.3 Å². The predicted octanol–water partition coefficient (Wildman–Crippen LogP) is 0.936. The molecule has 2 unspecified atom stereocenters. The fourth-order valence-electron chi connectivity index (χ4n) is 2.85. The van der Waals surface area contributed by atoms with E-state index in [9.17, 15) is 0 Å². The summed E-state index contributed by atoms with van der Waals surface area (Å²) in [6.07, 6.45) is 4.17. The van der Waals surface area contributed by atoms with Gasteiger partial charge < -0.3 is 19.9 Å². The standard InChI is InChI=1S/C12H23NO3/c1-14-9-11(13)10-2-5-16-12(8-10)3-6-15-7-4-12/h10-11H,2-9,13H2,1H3. The molecule has 0 aromatic rings. The molecule has 94 valence electrons. The Hall–Kier alpha value is -0.160. The third-order valence-corrected chi connectivity index (χ3v) is 3.90. The van der Waals surface area contributed by atoms with Crippen molar-refractivity contribution in [2.24, 2.45) is 11.7 Å². The van der Waals surface area contributed by atoms with Gasteiger partial charge in [-0.3, -0.25) is 0 Å². The van der Waals surface area contributed by atoms with Crippen LogP contribution in [0.1, 0.15) is 25.7 Å². The Labute approximate surface area is 97.4 Å². The van der Waals surface area contributed by atoms with Crippen LogP contribution < -0.4 is 5.73 Å². The maximum atomic E-state index is 6.14. The molecule has 0 aliphatic carbocycles. The van der Waals surface area contributed by atoms with E-state index in [1.165, 1.54) is 0 Å². The smallest absolute Gasteiger partial charge is 0.0729 e. The van der Waals surface area contributed by atoms with Gasteiger partial charge in [-0.1, -0.05) is 0 Å². The minimum absolute atomic E-state index is 0.0481. The van der Waals surface area contributed by atoms with Gasteiger partial charge in [0.2, 0.25) is 0 Å². The van der Waals surface area contributed by atoms with Crippen LogP contribution in [0.15, 0.2) is 0 Å². The Morgan fingerprint density at radius 1 is 1.38 bits per heavy atom. The maximum absolute atomic E-state index is 6.14. The molecule has 4 nitrogen and oxygen atoms in total. The highest BCUT2D eigenvalue weighted by molar-refractivity contribution is 4.91. The van der Waals surface area contributed by atoms with E-state index in [0.717, 1.165) is 45.5 Å². The Kier molecular flexibility index (Phi) is 4.19. The van der Waals surface area contributed by atoms with Crippen molar-refractivity contribution >= 4 is 0 Å². The Morgan fingerprint density at radius 2 is 2.12 bits per heavy atom. The van der Waals surface area contributed by atoms with Gasteiger partial charge in [0, 0.05) is 33.0 Å². The average Bonchev–Trinajstić information content (AvgIpc) is 2.30. The van der Waals surface area contributed by atoms with Crippen molar-refractivity contribution in [3.63, 3.8) is 0 Å². The lowest BCUT2D eigenvalue weighted by Gasteiger charge is -2.44. The molecule has 0 aromatic carbocycles. The molecule has 0 radical (unpaired) electrons. The van der Waals surface area contributed by atoms with Crippen LogP contribution in [0.5, 0.6) is 0 Å². The van der Waals surface area contributed by atoms with E-state index in [1.807, 2.05) is 0 Å². The lowest BCUT2D eigenvalue weighted by atomic mass is 9.78. The zero-order valence-electron chi connectivity index (χ0n) is 10.1. The summed E-state index contributed by atoms with van der Waals surface area (Å²) in [7, 11) is 1.71. The summed E-state index contributed by atoms with van der Waals surface area (Å²) in [6.45, 7) is 3.14. The van der Waals surface area contributed by atoms with Crippen molar-refractivity contribution in [3.05, 3.63) is 0 Å². The van der Waals surface area contributed by atoms with Gasteiger partial charge in [-0.05, 0) is 31.6 Å². The van der Waals surface area contributed by atoms with E-state index in [0.29, 0.717) is 12.5 Å². The van der Waals surface area contributed by atoms with Crippen molar-refractivity contribution in [3.8, 4) is 0 Å². The molecule has 2 heterocycles. The van der Waals surface area contributed by atoms with E-state index in [-0.39, 0.29) is 11.6 Å². The largest absolute Gasteiger partial charge is 0.383 e. The first-order chi connectivity index (χ1) is 7.76. The third kappa shape index (κ3) is 2.74. The molecule has 0 bridgehead atoms. The summed E-state index contributed by atoms with van der Waals surface area (Å²) in [5.74, 6) is 0.534.